The van der Waals surface area contributed by atoms with Gasteiger partial charge >= 0.3 is 12.0 Å². The van der Waals surface area contributed by atoms with Gasteiger partial charge in [-0.15, -0.1) is 0 Å². The molecule has 1 saturated carbocycles. The highest BCUT2D eigenvalue weighted by Crippen LogP contribution is 2.30. The van der Waals surface area contributed by atoms with Crippen LogP contribution >= 0.6 is 0 Å². The minimum absolute atomic E-state index is 0.148. The van der Waals surface area contributed by atoms with Crippen LogP contribution in [0.15, 0.2) is 18.2 Å². The van der Waals surface area contributed by atoms with Gasteiger partial charge in [-0.05, 0) is 37.8 Å². The van der Waals surface area contributed by atoms with Gasteiger partial charge in [0.1, 0.15) is 11.5 Å². The predicted molar refractivity (Wildman–Crippen MR) is 97.5 cm³/mol. The number of methoxy groups -OCH3 is 1. The zero-order valence-electron chi connectivity index (χ0n) is 15.7. The predicted octanol–water partition coefficient (Wildman–Crippen LogP) is 2.88. The normalized spacial score (nSPS) is 15.3. The van der Waals surface area contributed by atoms with Crippen LogP contribution in [-0.2, 0) is 11.3 Å². The van der Waals surface area contributed by atoms with Crippen LogP contribution in [0.5, 0.6) is 11.5 Å². The monoisotopic (exact) mass is 364 g/mol. The summed E-state index contributed by atoms with van der Waals surface area (Å²) < 4.78 is 11.4. The molecule has 0 aromatic heterocycles. The summed E-state index contributed by atoms with van der Waals surface area (Å²) in [5.74, 6) is -0.112. The average molecular weight is 364 g/mol. The lowest BCUT2D eigenvalue weighted by atomic mass is 10.1. The van der Waals surface area contributed by atoms with Crippen LogP contribution in [0.25, 0.3) is 0 Å². The fourth-order valence-corrected chi connectivity index (χ4v) is 2.98. The van der Waals surface area contributed by atoms with E-state index < -0.39 is 11.9 Å². The summed E-state index contributed by atoms with van der Waals surface area (Å²) in [4.78, 5) is 24.5. The van der Waals surface area contributed by atoms with Crippen LogP contribution in [0.1, 0.15) is 38.2 Å². The molecule has 144 valence electrons. The van der Waals surface area contributed by atoms with Gasteiger partial charge in [0.15, 0.2) is 0 Å². The van der Waals surface area contributed by atoms with Gasteiger partial charge in [0.2, 0.25) is 0 Å². The van der Waals surface area contributed by atoms with Crippen LogP contribution in [-0.4, -0.2) is 48.8 Å². The molecule has 0 aliphatic heterocycles. The van der Waals surface area contributed by atoms with Gasteiger partial charge in [0, 0.05) is 31.8 Å². The highest BCUT2D eigenvalue weighted by molar-refractivity contribution is 5.75. The number of carbonyl (C=O) groups is 2. The summed E-state index contributed by atoms with van der Waals surface area (Å²) in [7, 11) is 3.19. The van der Waals surface area contributed by atoms with Crippen molar-refractivity contribution >= 4 is 12.0 Å². The Morgan fingerprint density at radius 1 is 1.35 bits per heavy atom. The first-order valence-corrected chi connectivity index (χ1v) is 8.96. The summed E-state index contributed by atoms with van der Waals surface area (Å²) >= 11 is 0. The van der Waals surface area contributed by atoms with E-state index in [1.807, 2.05) is 18.2 Å². The Bertz CT molecular complexity index is 628. The standard InChI is InChI=1S/C19H28N2O5/c1-13(18(22)23)12-21(2)19(24)20-11-14-8-9-16(25-3)10-17(14)26-15-6-4-5-7-15/h8-10,13,15H,4-7,11-12H2,1-3H3,(H,20,24)(H,22,23). The van der Waals surface area contributed by atoms with Gasteiger partial charge in [0.05, 0.1) is 19.1 Å². The lowest BCUT2D eigenvalue weighted by Crippen LogP contribution is -2.40. The number of benzene rings is 1. The second-order valence-electron chi connectivity index (χ2n) is 6.78. The Balaban J connectivity index is 1.98. The van der Waals surface area contributed by atoms with Crippen LogP contribution in [0.3, 0.4) is 0 Å². The van der Waals surface area contributed by atoms with E-state index in [9.17, 15) is 9.59 Å². The molecule has 0 saturated heterocycles. The fourth-order valence-electron chi connectivity index (χ4n) is 2.98. The Labute approximate surface area is 154 Å². The maximum absolute atomic E-state index is 12.2. The summed E-state index contributed by atoms with van der Waals surface area (Å²) in [6.07, 6.45) is 4.63. The molecular formula is C19H28N2O5. The molecule has 1 aromatic carbocycles. The quantitative estimate of drug-likeness (QED) is 0.740. The number of carbonyl (C=O) groups excluding carboxylic acids is 1. The van der Waals surface area contributed by atoms with E-state index in [1.54, 1.807) is 21.1 Å². The Kier molecular flexibility index (Phi) is 7.12. The van der Waals surface area contributed by atoms with Crippen molar-refractivity contribution in [2.45, 2.75) is 45.3 Å². The number of amides is 2. The molecule has 0 radical (unpaired) electrons. The van der Waals surface area contributed by atoms with E-state index in [2.05, 4.69) is 5.32 Å². The lowest BCUT2D eigenvalue weighted by molar-refractivity contribution is -0.141. The maximum Gasteiger partial charge on any atom is 0.317 e. The third kappa shape index (κ3) is 5.54. The molecule has 1 unspecified atom stereocenters. The highest BCUT2D eigenvalue weighted by atomic mass is 16.5. The molecule has 1 aliphatic carbocycles. The van der Waals surface area contributed by atoms with E-state index in [0.29, 0.717) is 12.3 Å². The number of ether oxygens (including phenoxy) is 2. The van der Waals surface area contributed by atoms with Gasteiger partial charge in [0.25, 0.3) is 0 Å². The SMILES string of the molecule is COc1ccc(CNC(=O)N(C)CC(C)C(=O)O)c(OC2CCCC2)c1. The first-order chi connectivity index (χ1) is 12.4. The molecule has 0 spiro atoms. The molecule has 1 atom stereocenters. The second-order valence-corrected chi connectivity index (χ2v) is 6.78. The van der Waals surface area contributed by atoms with Gasteiger partial charge in [-0.25, -0.2) is 4.79 Å². The molecular weight excluding hydrogens is 336 g/mol. The number of nitrogens with zero attached hydrogens (tertiary/aromatic N) is 1. The molecule has 2 N–H and O–H groups in total. The molecule has 7 heteroatoms. The number of hydrogen-bond donors (Lipinski definition) is 2. The lowest BCUT2D eigenvalue weighted by Gasteiger charge is -2.21. The zero-order chi connectivity index (χ0) is 19.1. The van der Waals surface area contributed by atoms with E-state index in [-0.39, 0.29) is 18.7 Å². The summed E-state index contributed by atoms with van der Waals surface area (Å²) in [5, 5.41) is 11.8. The molecule has 2 rings (SSSR count). The van der Waals surface area contributed by atoms with Crippen molar-refractivity contribution < 1.29 is 24.2 Å². The zero-order valence-corrected chi connectivity index (χ0v) is 15.7. The van der Waals surface area contributed by atoms with Gasteiger partial charge < -0.3 is 24.8 Å². The minimum atomic E-state index is -0.924. The largest absolute Gasteiger partial charge is 0.497 e. The van der Waals surface area contributed by atoms with Gasteiger partial charge in [-0.3, -0.25) is 4.79 Å². The van der Waals surface area contributed by atoms with Gasteiger partial charge in [-0.2, -0.15) is 0 Å². The van der Waals surface area contributed by atoms with Gasteiger partial charge in [-0.1, -0.05) is 6.92 Å². The topological polar surface area (TPSA) is 88.1 Å². The number of carboxylic acid groups (broad SMARTS) is 1. The van der Waals surface area contributed by atoms with Crippen molar-refractivity contribution in [2.75, 3.05) is 20.7 Å². The van der Waals surface area contributed by atoms with E-state index in [0.717, 1.165) is 24.2 Å². The molecule has 26 heavy (non-hydrogen) atoms. The third-order valence-corrected chi connectivity index (χ3v) is 4.62. The molecule has 1 aliphatic rings. The highest BCUT2D eigenvalue weighted by Gasteiger charge is 2.20. The number of aliphatic carboxylic acids is 1. The fraction of sp³-hybridized carbons (Fsp3) is 0.579. The Morgan fingerprint density at radius 3 is 2.65 bits per heavy atom. The van der Waals surface area contributed by atoms with Crippen molar-refractivity contribution in [1.82, 2.24) is 10.2 Å². The first kappa shape index (κ1) is 19.9. The minimum Gasteiger partial charge on any atom is -0.497 e. The molecule has 2 amide bonds. The van der Waals surface area contributed by atoms with Crippen LogP contribution < -0.4 is 14.8 Å². The van der Waals surface area contributed by atoms with Crippen molar-refractivity contribution in [2.24, 2.45) is 5.92 Å². The van der Waals surface area contributed by atoms with E-state index in [1.165, 1.54) is 17.7 Å². The smallest absolute Gasteiger partial charge is 0.317 e. The van der Waals surface area contributed by atoms with Crippen molar-refractivity contribution in [3.05, 3.63) is 23.8 Å². The first-order valence-electron chi connectivity index (χ1n) is 8.96. The Morgan fingerprint density at radius 2 is 2.04 bits per heavy atom. The Hall–Kier alpha value is -2.44. The van der Waals surface area contributed by atoms with E-state index in [4.69, 9.17) is 14.6 Å². The molecule has 7 nitrogen and oxygen atoms in total. The number of hydrogen-bond acceptors (Lipinski definition) is 4. The average Bonchev–Trinajstić information content (AvgIpc) is 3.13. The van der Waals surface area contributed by atoms with Crippen molar-refractivity contribution in [3.8, 4) is 11.5 Å². The van der Waals surface area contributed by atoms with Crippen molar-refractivity contribution in [1.29, 1.82) is 0 Å². The number of carboxylic acids is 1. The number of nitrogens with one attached hydrogen (secondary N) is 1. The van der Waals surface area contributed by atoms with Crippen molar-refractivity contribution in [3.63, 3.8) is 0 Å². The van der Waals surface area contributed by atoms with E-state index >= 15 is 0 Å². The molecule has 0 heterocycles. The number of urea groups is 1. The maximum atomic E-state index is 12.2. The molecule has 1 fully saturated rings. The summed E-state index contributed by atoms with van der Waals surface area (Å²) in [6.45, 7) is 2.02. The number of rotatable bonds is 8. The summed E-state index contributed by atoms with van der Waals surface area (Å²) in [5.41, 5.74) is 0.866. The third-order valence-electron chi connectivity index (χ3n) is 4.62. The molecule has 1 aromatic rings. The van der Waals surface area contributed by atoms with Crippen LogP contribution in [0.4, 0.5) is 4.79 Å². The summed E-state index contributed by atoms with van der Waals surface area (Å²) in [6, 6.07) is 5.24. The molecule has 0 bridgehead atoms. The van der Waals surface area contributed by atoms with Crippen LogP contribution in [0, 0.1) is 5.92 Å². The van der Waals surface area contributed by atoms with Crippen LogP contribution in [0.2, 0.25) is 0 Å². The second kappa shape index (κ2) is 9.31.